The molecule has 2 atom stereocenters. The highest BCUT2D eigenvalue weighted by Crippen LogP contribution is 2.29. The number of aliphatic hydroxyl groups is 1. The Morgan fingerprint density at radius 3 is 2.80 bits per heavy atom. The third kappa shape index (κ3) is 3.03. The molecule has 0 bridgehead atoms. The molecular weight excluding hydrogens is 314 g/mol. The van der Waals surface area contributed by atoms with Crippen LogP contribution >= 0.6 is 0 Å². The van der Waals surface area contributed by atoms with Crippen LogP contribution in [0.2, 0.25) is 0 Å². The first-order chi connectivity index (χ1) is 12.2. The highest BCUT2D eigenvalue weighted by molar-refractivity contribution is 6.04. The number of likely N-dealkylation sites (tertiary alicyclic amines) is 1. The maximum absolute atomic E-state index is 13.0. The number of benzene rings is 2. The van der Waals surface area contributed by atoms with Gasteiger partial charge in [-0.05, 0) is 30.9 Å². The van der Waals surface area contributed by atoms with Gasteiger partial charge in [0.05, 0.1) is 11.6 Å². The van der Waals surface area contributed by atoms with Gasteiger partial charge in [-0.2, -0.15) is 5.10 Å². The molecule has 25 heavy (non-hydrogen) atoms. The molecule has 0 saturated carbocycles. The number of carbonyl (C=O) groups excluding carboxylic acids is 1. The van der Waals surface area contributed by atoms with Crippen LogP contribution in [0.4, 0.5) is 0 Å². The standard InChI is InChI=1S/C20H21N3O2/c24-18(14-7-2-1-3-8-14)13-15-9-6-12-23(15)20(25)19-16-10-4-5-11-17(16)21-22-19/h1-5,7-8,10-11,15,18,24H,6,9,12-13H2,(H,21,22)/t15-,18-/m0/s1. The number of rotatable bonds is 4. The van der Waals surface area contributed by atoms with Crippen molar-refractivity contribution in [3.05, 3.63) is 65.9 Å². The van der Waals surface area contributed by atoms with Crippen molar-refractivity contribution in [3.63, 3.8) is 0 Å². The van der Waals surface area contributed by atoms with E-state index in [1.165, 1.54) is 0 Å². The van der Waals surface area contributed by atoms with Crippen LogP contribution < -0.4 is 0 Å². The zero-order valence-corrected chi connectivity index (χ0v) is 13.9. The molecule has 0 radical (unpaired) electrons. The van der Waals surface area contributed by atoms with Crippen LogP contribution in [-0.4, -0.2) is 38.7 Å². The van der Waals surface area contributed by atoms with Crippen molar-refractivity contribution in [2.24, 2.45) is 0 Å². The van der Waals surface area contributed by atoms with Gasteiger partial charge >= 0.3 is 0 Å². The minimum atomic E-state index is -0.560. The van der Waals surface area contributed by atoms with Gasteiger partial charge in [0.2, 0.25) is 0 Å². The van der Waals surface area contributed by atoms with Gasteiger partial charge in [0, 0.05) is 18.0 Å². The number of H-pyrrole nitrogens is 1. The average Bonchev–Trinajstić information content (AvgIpc) is 3.29. The SMILES string of the molecule is O=C(c1n[nH]c2ccccc12)N1CCC[C@H]1C[C@H](O)c1ccccc1. The van der Waals surface area contributed by atoms with Gasteiger partial charge < -0.3 is 10.0 Å². The minimum Gasteiger partial charge on any atom is -0.388 e. The molecule has 2 heterocycles. The molecule has 1 aliphatic rings. The molecule has 5 nitrogen and oxygen atoms in total. The van der Waals surface area contributed by atoms with Gasteiger partial charge in [0.1, 0.15) is 0 Å². The number of aliphatic hydroxyl groups excluding tert-OH is 1. The van der Waals surface area contributed by atoms with E-state index >= 15 is 0 Å². The van der Waals surface area contributed by atoms with E-state index < -0.39 is 6.10 Å². The quantitative estimate of drug-likeness (QED) is 0.769. The number of fused-ring (bicyclic) bond motifs is 1. The summed E-state index contributed by atoms with van der Waals surface area (Å²) in [7, 11) is 0. The molecule has 1 saturated heterocycles. The van der Waals surface area contributed by atoms with Crippen LogP contribution in [0, 0.1) is 0 Å². The number of nitrogens with zero attached hydrogens (tertiary/aromatic N) is 2. The summed E-state index contributed by atoms with van der Waals surface area (Å²) in [4.78, 5) is 14.9. The highest BCUT2D eigenvalue weighted by Gasteiger charge is 2.32. The third-order valence-corrected chi connectivity index (χ3v) is 4.99. The fourth-order valence-electron chi connectivity index (χ4n) is 3.68. The van der Waals surface area contributed by atoms with E-state index in [-0.39, 0.29) is 11.9 Å². The zero-order chi connectivity index (χ0) is 17.2. The summed E-state index contributed by atoms with van der Waals surface area (Å²) in [6.07, 6.45) is 1.87. The number of aromatic amines is 1. The molecule has 1 amide bonds. The highest BCUT2D eigenvalue weighted by atomic mass is 16.3. The fourth-order valence-corrected chi connectivity index (χ4v) is 3.68. The summed E-state index contributed by atoms with van der Waals surface area (Å²) in [5.74, 6) is -0.0554. The number of nitrogens with one attached hydrogen (secondary N) is 1. The topological polar surface area (TPSA) is 69.2 Å². The van der Waals surface area contributed by atoms with Crippen LogP contribution in [0.5, 0.6) is 0 Å². The maximum atomic E-state index is 13.0. The van der Waals surface area contributed by atoms with Crippen LogP contribution in [0.25, 0.3) is 10.9 Å². The van der Waals surface area contributed by atoms with E-state index in [9.17, 15) is 9.90 Å². The van der Waals surface area contributed by atoms with Gasteiger partial charge in [-0.3, -0.25) is 9.89 Å². The summed E-state index contributed by atoms with van der Waals surface area (Å²) >= 11 is 0. The molecule has 4 rings (SSSR count). The number of aromatic nitrogens is 2. The van der Waals surface area contributed by atoms with Crippen molar-refractivity contribution in [2.75, 3.05) is 6.54 Å². The second-order valence-electron chi connectivity index (χ2n) is 6.57. The smallest absolute Gasteiger partial charge is 0.275 e. The lowest BCUT2D eigenvalue weighted by atomic mass is 10.0. The monoisotopic (exact) mass is 335 g/mol. The van der Waals surface area contributed by atoms with Crippen molar-refractivity contribution < 1.29 is 9.90 Å². The van der Waals surface area contributed by atoms with E-state index in [4.69, 9.17) is 0 Å². The lowest BCUT2D eigenvalue weighted by Gasteiger charge is -2.26. The Bertz CT molecular complexity index is 875. The van der Waals surface area contributed by atoms with Crippen molar-refractivity contribution in [1.82, 2.24) is 15.1 Å². The fraction of sp³-hybridized carbons (Fsp3) is 0.300. The first kappa shape index (κ1) is 15.8. The lowest BCUT2D eigenvalue weighted by molar-refractivity contribution is 0.0663. The maximum Gasteiger partial charge on any atom is 0.275 e. The molecule has 1 fully saturated rings. The Hall–Kier alpha value is -2.66. The molecule has 5 heteroatoms. The number of carbonyl (C=O) groups is 1. The summed E-state index contributed by atoms with van der Waals surface area (Å²) in [6, 6.07) is 17.3. The van der Waals surface area contributed by atoms with Crippen molar-refractivity contribution in [2.45, 2.75) is 31.4 Å². The van der Waals surface area contributed by atoms with Gasteiger partial charge in [0.15, 0.2) is 5.69 Å². The lowest BCUT2D eigenvalue weighted by Crippen LogP contribution is -2.36. The van der Waals surface area contributed by atoms with Crippen molar-refractivity contribution in [1.29, 1.82) is 0 Å². The van der Waals surface area contributed by atoms with E-state index in [1.807, 2.05) is 59.5 Å². The second kappa shape index (κ2) is 6.69. The van der Waals surface area contributed by atoms with E-state index in [2.05, 4.69) is 10.2 Å². The van der Waals surface area contributed by atoms with Crippen LogP contribution in [0.15, 0.2) is 54.6 Å². The van der Waals surface area contributed by atoms with E-state index in [0.717, 1.165) is 29.3 Å². The Morgan fingerprint density at radius 1 is 1.20 bits per heavy atom. The molecule has 2 aromatic carbocycles. The van der Waals surface area contributed by atoms with Crippen LogP contribution in [0.3, 0.4) is 0 Å². The molecular formula is C20H21N3O2. The predicted molar refractivity (Wildman–Crippen MR) is 96.2 cm³/mol. The molecule has 0 aliphatic carbocycles. The first-order valence-electron chi connectivity index (χ1n) is 8.71. The Labute approximate surface area is 146 Å². The summed E-state index contributed by atoms with van der Waals surface area (Å²) < 4.78 is 0. The molecule has 1 aromatic heterocycles. The Balaban J connectivity index is 1.54. The van der Waals surface area contributed by atoms with Gasteiger partial charge in [-0.25, -0.2) is 0 Å². The van der Waals surface area contributed by atoms with E-state index in [0.29, 0.717) is 18.7 Å². The molecule has 3 aromatic rings. The third-order valence-electron chi connectivity index (χ3n) is 4.99. The predicted octanol–water partition coefficient (Wildman–Crippen LogP) is 3.29. The number of hydrogen-bond donors (Lipinski definition) is 2. The zero-order valence-electron chi connectivity index (χ0n) is 13.9. The number of para-hydroxylation sites is 1. The molecule has 1 aliphatic heterocycles. The molecule has 0 unspecified atom stereocenters. The van der Waals surface area contributed by atoms with Gasteiger partial charge in [-0.1, -0.05) is 48.5 Å². The number of hydrogen-bond acceptors (Lipinski definition) is 3. The number of amides is 1. The molecule has 0 spiro atoms. The molecule has 128 valence electrons. The Kier molecular flexibility index (Phi) is 4.24. The van der Waals surface area contributed by atoms with Crippen LogP contribution in [-0.2, 0) is 0 Å². The van der Waals surface area contributed by atoms with Crippen molar-refractivity contribution >= 4 is 16.8 Å². The average molecular weight is 335 g/mol. The second-order valence-corrected chi connectivity index (χ2v) is 6.57. The minimum absolute atomic E-state index is 0.0400. The van der Waals surface area contributed by atoms with E-state index in [1.54, 1.807) is 0 Å². The summed E-state index contributed by atoms with van der Waals surface area (Å²) in [6.45, 7) is 0.714. The van der Waals surface area contributed by atoms with Gasteiger partial charge in [-0.15, -0.1) is 0 Å². The van der Waals surface area contributed by atoms with Crippen molar-refractivity contribution in [3.8, 4) is 0 Å². The Morgan fingerprint density at radius 2 is 1.96 bits per heavy atom. The summed E-state index contributed by atoms with van der Waals surface area (Å²) in [5, 5.41) is 18.5. The first-order valence-corrected chi connectivity index (χ1v) is 8.71. The normalized spacial score (nSPS) is 18.6. The van der Waals surface area contributed by atoms with Gasteiger partial charge in [0.25, 0.3) is 5.91 Å². The summed E-state index contributed by atoms with van der Waals surface area (Å²) in [5.41, 5.74) is 2.23. The largest absolute Gasteiger partial charge is 0.388 e. The molecule has 2 N–H and O–H groups in total. The van der Waals surface area contributed by atoms with Crippen LogP contribution in [0.1, 0.15) is 41.4 Å².